The minimum absolute atomic E-state index is 0.0379. The summed E-state index contributed by atoms with van der Waals surface area (Å²) in [5, 5.41) is 20.5. The summed E-state index contributed by atoms with van der Waals surface area (Å²) in [5.41, 5.74) is 6.34. The molecular weight excluding hydrogens is 368 g/mol. The zero-order valence-corrected chi connectivity index (χ0v) is 16.6. The molecule has 3 rings (SSSR count). The van der Waals surface area contributed by atoms with Gasteiger partial charge in [0.15, 0.2) is 11.5 Å². The molecule has 0 aliphatic carbocycles. The third-order valence-corrected chi connectivity index (χ3v) is 4.30. The first-order valence-electron chi connectivity index (χ1n) is 9.31. The molecule has 0 saturated heterocycles. The summed E-state index contributed by atoms with van der Waals surface area (Å²) in [4.78, 5) is 12.3. The average Bonchev–Trinajstić information content (AvgIpc) is 3.19. The van der Waals surface area contributed by atoms with Crippen LogP contribution >= 0.6 is 0 Å². The van der Waals surface area contributed by atoms with E-state index in [-0.39, 0.29) is 5.75 Å². The van der Waals surface area contributed by atoms with E-state index < -0.39 is 5.91 Å². The molecule has 1 heterocycles. The summed E-state index contributed by atoms with van der Waals surface area (Å²) in [5.74, 6) is 0.570. The number of carbonyl (C=O) groups is 1. The van der Waals surface area contributed by atoms with Gasteiger partial charge in [0.1, 0.15) is 5.69 Å². The van der Waals surface area contributed by atoms with Gasteiger partial charge in [0.2, 0.25) is 0 Å². The molecule has 0 aliphatic heterocycles. The van der Waals surface area contributed by atoms with Gasteiger partial charge in [-0.15, -0.1) is 0 Å². The second-order valence-corrected chi connectivity index (χ2v) is 7.09. The number of hydrogen-bond donors (Lipinski definition) is 3. The minimum Gasteiger partial charge on any atom is -0.504 e. The zero-order chi connectivity index (χ0) is 20.8. The lowest BCUT2D eigenvalue weighted by molar-refractivity contribution is 0.0950. The van der Waals surface area contributed by atoms with E-state index in [4.69, 9.17) is 4.74 Å². The molecule has 2 aromatic carbocycles. The maximum Gasteiger partial charge on any atom is 0.289 e. The van der Waals surface area contributed by atoms with E-state index >= 15 is 0 Å². The Balaban J connectivity index is 1.63. The number of aromatic nitrogens is 2. The number of aromatic amines is 1. The normalized spacial score (nSPS) is 11.2. The number of phenolic OH excluding ortho intramolecular Hbond substituents is 1. The van der Waals surface area contributed by atoms with Crippen molar-refractivity contribution in [1.82, 2.24) is 15.6 Å². The van der Waals surface area contributed by atoms with Crippen LogP contribution in [-0.4, -0.2) is 34.5 Å². The van der Waals surface area contributed by atoms with E-state index in [0.29, 0.717) is 28.6 Å². The number of aromatic hydroxyl groups is 1. The van der Waals surface area contributed by atoms with Crippen LogP contribution in [-0.2, 0) is 6.42 Å². The van der Waals surface area contributed by atoms with Gasteiger partial charge >= 0.3 is 0 Å². The fraction of sp³-hybridized carbons (Fsp3) is 0.227. The van der Waals surface area contributed by atoms with E-state index in [9.17, 15) is 9.90 Å². The summed E-state index contributed by atoms with van der Waals surface area (Å²) >= 11 is 0. The van der Waals surface area contributed by atoms with Crippen LogP contribution in [0.25, 0.3) is 11.3 Å². The molecule has 0 spiro atoms. The molecule has 3 aromatic rings. The van der Waals surface area contributed by atoms with Crippen molar-refractivity contribution in [2.75, 3.05) is 7.11 Å². The summed E-state index contributed by atoms with van der Waals surface area (Å²) in [7, 11) is 1.46. The Hall–Kier alpha value is -3.61. The van der Waals surface area contributed by atoms with Gasteiger partial charge in [-0.25, -0.2) is 5.43 Å². The number of nitrogens with zero attached hydrogens (tertiary/aromatic N) is 2. The second kappa shape index (κ2) is 9.05. The third kappa shape index (κ3) is 5.22. The van der Waals surface area contributed by atoms with Gasteiger partial charge < -0.3 is 9.84 Å². The van der Waals surface area contributed by atoms with Gasteiger partial charge in [-0.2, -0.15) is 10.2 Å². The van der Waals surface area contributed by atoms with E-state index in [0.717, 1.165) is 12.0 Å². The van der Waals surface area contributed by atoms with Gasteiger partial charge in [-0.1, -0.05) is 38.1 Å². The number of rotatable bonds is 7. The van der Waals surface area contributed by atoms with Crippen LogP contribution in [0, 0.1) is 5.92 Å². The highest BCUT2D eigenvalue weighted by Gasteiger charge is 2.11. The number of phenols is 1. The van der Waals surface area contributed by atoms with Crippen molar-refractivity contribution >= 4 is 12.1 Å². The molecule has 0 atom stereocenters. The lowest BCUT2D eigenvalue weighted by atomic mass is 10.0. The Morgan fingerprint density at radius 2 is 2.00 bits per heavy atom. The molecule has 29 heavy (non-hydrogen) atoms. The predicted molar refractivity (Wildman–Crippen MR) is 112 cm³/mol. The summed E-state index contributed by atoms with van der Waals surface area (Å²) in [6.45, 7) is 4.38. The minimum atomic E-state index is -0.401. The predicted octanol–water partition coefficient (Wildman–Crippen LogP) is 3.75. The van der Waals surface area contributed by atoms with Crippen LogP contribution in [0.15, 0.2) is 53.6 Å². The molecule has 0 aliphatic rings. The van der Waals surface area contributed by atoms with E-state index in [1.165, 1.54) is 25.0 Å². The molecule has 150 valence electrons. The summed E-state index contributed by atoms with van der Waals surface area (Å²) in [6, 6.07) is 14.6. The Kier molecular flexibility index (Phi) is 6.29. The fourth-order valence-electron chi connectivity index (χ4n) is 2.87. The van der Waals surface area contributed by atoms with Crippen molar-refractivity contribution in [3.8, 4) is 22.8 Å². The van der Waals surface area contributed by atoms with Gasteiger partial charge in [0.05, 0.1) is 19.0 Å². The third-order valence-electron chi connectivity index (χ3n) is 4.30. The SMILES string of the molecule is COc1cc(C=NNC(=O)c2cc(-c3ccc(CC(C)C)cc3)n[nH]2)ccc1O. The zero-order valence-electron chi connectivity index (χ0n) is 16.6. The molecule has 7 heteroatoms. The summed E-state index contributed by atoms with van der Waals surface area (Å²) in [6.07, 6.45) is 2.49. The van der Waals surface area contributed by atoms with E-state index in [1.54, 1.807) is 18.2 Å². The Morgan fingerprint density at radius 3 is 2.69 bits per heavy atom. The summed E-state index contributed by atoms with van der Waals surface area (Å²) < 4.78 is 5.04. The molecule has 7 nitrogen and oxygen atoms in total. The molecule has 1 amide bonds. The topological polar surface area (TPSA) is 99.6 Å². The van der Waals surface area contributed by atoms with Crippen LogP contribution in [0.5, 0.6) is 11.5 Å². The van der Waals surface area contributed by atoms with Crippen LogP contribution in [0.4, 0.5) is 0 Å². The molecule has 0 unspecified atom stereocenters. The van der Waals surface area contributed by atoms with Crippen molar-refractivity contribution in [3.05, 3.63) is 65.4 Å². The van der Waals surface area contributed by atoms with Gasteiger partial charge in [-0.3, -0.25) is 9.89 Å². The Morgan fingerprint density at radius 1 is 1.24 bits per heavy atom. The number of amides is 1. The number of H-pyrrole nitrogens is 1. The first kappa shape index (κ1) is 20.1. The van der Waals surface area contributed by atoms with Crippen LogP contribution < -0.4 is 10.2 Å². The Bertz CT molecular complexity index is 1010. The standard InChI is InChI=1S/C22H24N4O3/c1-14(2)10-15-4-7-17(8-5-15)18-12-19(25-24-18)22(28)26-23-13-16-6-9-20(27)21(11-16)29-3/h4-9,11-14,27H,10H2,1-3H3,(H,24,25)(H,26,28). The molecule has 1 aromatic heterocycles. The van der Waals surface area contributed by atoms with Crippen LogP contribution in [0.2, 0.25) is 0 Å². The largest absolute Gasteiger partial charge is 0.504 e. The number of hydrazone groups is 1. The monoisotopic (exact) mass is 392 g/mol. The molecule has 0 fully saturated rings. The lowest BCUT2D eigenvalue weighted by Crippen LogP contribution is -2.18. The average molecular weight is 392 g/mol. The first-order chi connectivity index (χ1) is 14.0. The number of nitrogens with one attached hydrogen (secondary N) is 2. The Labute approximate surface area is 169 Å². The number of ether oxygens (including phenoxy) is 1. The highest BCUT2D eigenvalue weighted by atomic mass is 16.5. The van der Waals surface area contributed by atoms with E-state index in [1.807, 2.05) is 12.1 Å². The second-order valence-electron chi connectivity index (χ2n) is 7.09. The molecule has 0 saturated carbocycles. The molecule has 0 radical (unpaired) electrons. The van der Waals surface area contributed by atoms with Crippen molar-refractivity contribution in [2.45, 2.75) is 20.3 Å². The van der Waals surface area contributed by atoms with Crippen molar-refractivity contribution in [1.29, 1.82) is 0 Å². The van der Waals surface area contributed by atoms with Gasteiger partial charge in [0.25, 0.3) is 5.91 Å². The highest BCUT2D eigenvalue weighted by molar-refractivity contribution is 5.94. The molecule has 3 N–H and O–H groups in total. The van der Waals surface area contributed by atoms with Crippen LogP contribution in [0.1, 0.15) is 35.5 Å². The maximum atomic E-state index is 12.3. The van der Waals surface area contributed by atoms with Crippen molar-refractivity contribution in [2.24, 2.45) is 11.0 Å². The number of benzene rings is 2. The number of carbonyl (C=O) groups excluding carboxylic acids is 1. The van der Waals surface area contributed by atoms with E-state index in [2.05, 4.69) is 46.7 Å². The first-order valence-corrected chi connectivity index (χ1v) is 9.31. The fourth-order valence-corrected chi connectivity index (χ4v) is 2.87. The van der Waals surface area contributed by atoms with Crippen LogP contribution in [0.3, 0.4) is 0 Å². The van der Waals surface area contributed by atoms with Gasteiger partial charge in [0, 0.05) is 5.56 Å². The molecular formula is C22H24N4O3. The quantitative estimate of drug-likeness (QED) is 0.421. The smallest absolute Gasteiger partial charge is 0.289 e. The molecule has 0 bridgehead atoms. The maximum absolute atomic E-state index is 12.3. The van der Waals surface area contributed by atoms with Crippen molar-refractivity contribution in [3.63, 3.8) is 0 Å². The lowest BCUT2D eigenvalue weighted by Gasteiger charge is -2.05. The number of hydrogen-bond acceptors (Lipinski definition) is 5. The number of methoxy groups -OCH3 is 1. The highest BCUT2D eigenvalue weighted by Crippen LogP contribution is 2.25. The van der Waals surface area contributed by atoms with Crippen molar-refractivity contribution < 1.29 is 14.6 Å². The van der Waals surface area contributed by atoms with Gasteiger partial charge in [-0.05, 0) is 47.7 Å².